The minimum Gasteiger partial charge on any atom is -0.481 e. The van der Waals surface area contributed by atoms with Crippen LogP contribution in [0.25, 0.3) is 0 Å². The fourth-order valence-corrected chi connectivity index (χ4v) is 6.92. The average Bonchev–Trinajstić information content (AvgIpc) is 3.95. The van der Waals surface area contributed by atoms with Gasteiger partial charge in [0, 0.05) is 12.8 Å². The lowest BCUT2D eigenvalue weighted by Gasteiger charge is -2.31. The summed E-state index contributed by atoms with van der Waals surface area (Å²) in [5, 5.41) is 51.6. The number of hydrogen-bond acceptors (Lipinski definition) is 11. The quantitative estimate of drug-likeness (QED) is 0.0486. The zero-order chi connectivity index (χ0) is 45.3. The predicted molar refractivity (Wildman–Crippen MR) is 208 cm³/mol. The molecule has 2 aliphatic carbocycles. The van der Waals surface area contributed by atoms with Gasteiger partial charge in [-0.1, -0.05) is 66.2 Å². The summed E-state index contributed by atoms with van der Waals surface area (Å²) in [4.78, 5) is 139. The number of carboxylic acids is 4. The van der Waals surface area contributed by atoms with Crippen molar-refractivity contribution in [2.75, 3.05) is 0 Å². The Morgan fingerprint density at radius 2 is 1.15 bits per heavy atom. The van der Waals surface area contributed by atoms with Crippen molar-refractivity contribution in [3.63, 3.8) is 0 Å². The number of carbonyl (C=O) groups is 11. The maximum absolute atomic E-state index is 14.0. The highest BCUT2D eigenvalue weighted by Gasteiger charge is 2.54. The first-order valence-electron chi connectivity index (χ1n) is 20.3. The van der Waals surface area contributed by atoms with Crippen molar-refractivity contribution >= 4 is 65.1 Å². The first-order valence-corrected chi connectivity index (χ1v) is 20.3. The highest BCUT2D eigenvalue weighted by molar-refractivity contribution is 6.37. The number of carbonyl (C=O) groups excluding carboxylic acids is 7. The average molecular weight is 853 g/mol. The van der Waals surface area contributed by atoms with Gasteiger partial charge in [0.15, 0.2) is 0 Å². The summed E-state index contributed by atoms with van der Waals surface area (Å²) in [6.45, 7) is 6.89. The highest BCUT2D eigenvalue weighted by atomic mass is 16.4. The molecular formula is C39H60N6O15. The van der Waals surface area contributed by atoms with E-state index in [1.165, 1.54) is 0 Å². The van der Waals surface area contributed by atoms with Crippen molar-refractivity contribution in [3.8, 4) is 0 Å². The molecule has 2 rings (SSSR count). The SMILES string of the molecule is CC[C@H](C)[C@H](NC(=O)[C@H](CC(C)C)NC(=O)[C@@H](CCC(=O)O)NC(=O)[C@H](CC(=O)O)NC(=O)CCC(=O)O)C(=O)N[C@@H](CC1CCCCC1)C(=O)NC1(C(=O)C(=O)O)CC1. The number of nitrogens with one attached hydrogen (secondary N) is 6. The van der Waals surface area contributed by atoms with E-state index < -0.39 is 139 Å². The summed E-state index contributed by atoms with van der Waals surface area (Å²) in [7, 11) is 0. The summed E-state index contributed by atoms with van der Waals surface area (Å²) < 4.78 is 0. The summed E-state index contributed by atoms with van der Waals surface area (Å²) in [5.41, 5.74) is -1.57. The second-order valence-electron chi connectivity index (χ2n) is 16.2. The molecule has 0 aromatic rings. The van der Waals surface area contributed by atoms with Gasteiger partial charge in [-0.15, -0.1) is 0 Å². The predicted octanol–water partition coefficient (Wildman–Crippen LogP) is -0.0202. The van der Waals surface area contributed by atoms with Gasteiger partial charge in [0.2, 0.25) is 35.4 Å². The number of aliphatic carboxylic acids is 4. The van der Waals surface area contributed by atoms with Gasteiger partial charge in [0.25, 0.3) is 5.78 Å². The maximum Gasteiger partial charge on any atom is 0.374 e. The van der Waals surface area contributed by atoms with E-state index in [2.05, 4.69) is 31.9 Å². The minimum atomic E-state index is -1.79. The molecule has 0 saturated heterocycles. The van der Waals surface area contributed by atoms with Crippen LogP contribution >= 0.6 is 0 Å². The Hall–Kier alpha value is -5.63. The molecule has 0 bridgehead atoms. The van der Waals surface area contributed by atoms with E-state index >= 15 is 0 Å². The molecule has 0 heterocycles. The third kappa shape index (κ3) is 16.9. The first-order chi connectivity index (χ1) is 28.1. The van der Waals surface area contributed by atoms with Crippen LogP contribution in [0, 0.1) is 17.8 Å². The lowest BCUT2D eigenvalue weighted by atomic mass is 9.84. The topological polar surface area (TPSA) is 341 Å². The van der Waals surface area contributed by atoms with Crippen LogP contribution < -0.4 is 31.9 Å². The van der Waals surface area contributed by atoms with Crippen molar-refractivity contribution < 1.29 is 73.2 Å². The van der Waals surface area contributed by atoms with Crippen LogP contribution in [0.4, 0.5) is 0 Å². The number of hydrogen-bond donors (Lipinski definition) is 10. The standard InChI is InChI=1S/C39H60N6O15/c1-5-21(4)31(37(58)43-25(18-22-9-7-6-8-10-22)36(57)45-39(15-16-39)32(53)38(59)60)44-35(56)24(17-20(2)3)42-33(54)23(11-13-28(47)48)41-34(55)26(19-30(51)52)40-27(46)12-14-29(49)50/h20-26,31H,5-19H2,1-4H3,(H,40,46)(H,41,55)(H,42,54)(H,43,58)(H,44,56)(H,45,57)(H,47,48)(H,49,50)(H,51,52)(H,59,60)/t21-,23+,24-,25-,26-,31-/m0/s1. The molecule has 2 aliphatic rings. The highest BCUT2D eigenvalue weighted by Crippen LogP contribution is 2.37. The van der Waals surface area contributed by atoms with Crippen molar-refractivity contribution in [1.82, 2.24) is 31.9 Å². The van der Waals surface area contributed by atoms with Crippen molar-refractivity contribution in [2.24, 2.45) is 17.8 Å². The van der Waals surface area contributed by atoms with Crippen LogP contribution in [0.3, 0.4) is 0 Å². The third-order valence-corrected chi connectivity index (χ3v) is 10.7. The molecule has 60 heavy (non-hydrogen) atoms. The normalized spacial score (nSPS) is 17.6. The molecular weight excluding hydrogens is 792 g/mol. The molecule has 2 fully saturated rings. The van der Waals surface area contributed by atoms with Gasteiger partial charge in [0.1, 0.15) is 35.7 Å². The van der Waals surface area contributed by atoms with Crippen LogP contribution in [-0.4, -0.2) is 121 Å². The zero-order valence-corrected chi connectivity index (χ0v) is 34.5. The summed E-state index contributed by atoms with van der Waals surface area (Å²) >= 11 is 0. The fourth-order valence-electron chi connectivity index (χ4n) is 6.92. The molecule has 6 amide bonds. The Morgan fingerprint density at radius 1 is 0.600 bits per heavy atom. The zero-order valence-electron chi connectivity index (χ0n) is 34.5. The molecule has 0 radical (unpaired) electrons. The molecule has 0 spiro atoms. The molecule has 0 aromatic carbocycles. The number of carboxylic acid groups (broad SMARTS) is 4. The first kappa shape index (κ1) is 50.5. The van der Waals surface area contributed by atoms with Crippen LogP contribution in [0.1, 0.15) is 124 Å². The number of Topliss-reactive ketones (excluding diaryl/α,β-unsaturated/α-hetero) is 1. The van der Waals surface area contributed by atoms with Crippen LogP contribution in [0.15, 0.2) is 0 Å². The summed E-state index contributed by atoms with van der Waals surface area (Å²) in [5.74, 6) is -13.4. The molecule has 2 saturated carbocycles. The van der Waals surface area contributed by atoms with E-state index in [0.29, 0.717) is 6.42 Å². The second-order valence-corrected chi connectivity index (χ2v) is 16.2. The lowest BCUT2D eigenvalue weighted by Crippen LogP contribution is -2.61. The van der Waals surface area contributed by atoms with Crippen molar-refractivity contribution in [1.29, 1.82) is 0 Å². The smallest absolute Gasteiger partial charge is 0.374 e. The van der Waals surface area contributed by atoms with Crippen LogP contribution in [-0.2, 0) is 52.7 Å². The largest absolute Gasteiger partial charge is 0.481 e. The van der Waals surface area contributed by atoms with Gasteiger partial charge in [0.05, 0.1) is 12.8 Å². The Balaban J connectivity index is 2.34. The monoisotopic (exact) mass is 852 g/mol. The van der Waals surface area contributed by atoms with Crippen LogP contribution in [0.2, 0.25) is 0 Å². The Labute approximate surface area is 347 Å². The number of ketones is 1. The molecule has 0 unspecified atom stereocenters. The molecule has 0 aromatic heterocycles. The van der Waals surface area contributed by atoms with Crippen LogP contribution in [0.5, 0.6) is 0 Å². The Kier molecular flexibility index (Phi) is 20.1. The summed E-state index contributed by atoms with van der Waals surface area (Å²) in [6, 6.07) is -7.27. The summed E-state index contributed by atoms with van der Waals surface area (Å²) in [6.07, 6.45) is 1.84. The van der Waals surface area contributed by atoms with Crippen molar-refractivity contribution in [2.45, 2.75) is 160 Å². The molecule has 21 nitrogen and oxygen atoms in total. The second kappa shape index (κ2) is 23.8. The Bertz CT molecular complexity index is 1620. The van der Waals surface area contributed by atoms with E-state index in [0.717, 1.165) is 32.1 Å². The van der Waals surface area contributed by atoms with Crippen molar-refractivity contribution in [3.05, 3.63) is 0 Å². The maximum atomic E-state index is 14.0. The molecule has 6 atom stereocenters. The fraction of sp³-hybridized carbons (Fsp3) is 0.718. The van der Waals surface area contributed by atoms with E-state index in [9.17, 15) is 68.1 Å². The van der Waals surface area contributed by atoms with Gasteiger partial charge in [-0.2, -0.15) is 0 Å². The van der Waals surface area contributed by atoms with Gasteiger partial charge in [-0.3, -0.25) is 47.9 Å². The third-order valence-electron chi connectivity index (χ3n) is 10.7. The van der Waals surface area contributed by atoms with Gasteiger partial charge < -0.3 is 52.3 Å². The molecule has 10 N–H and O–H groups in total. The number of rotatable bonds is 27. The number of amides is 6. The van der Waals surface area contributed by atoms with E-state index in [1.54, 1.807) is 27.7 Å². The molecule has 21 heteroatoms. The van der Waals surface area contributed by atoms with E-state index in [-0.39, 0.29) is 37.5 Å². The van der Waals surface area contributed by atoms with E-state index in [1.807, 2.05) is 0 Å². The van der Waals surface area contributed by atoms with Gasteiger partial charge >= 0.3 is 23.9 Å². The van der Waals surface area contributed by atoms with E-state index in [4.69, 9.17) is 5.11 Å². The minimum absolute atomic E-state index is 0.0142. The lowest BCUT2D eigenvalue weighted by molar-refractivity contribution is -0.151. The van der Waals surface area contributed by atoms with Gasteiger partial charge in [-0.25, -0.2) is 4.79 Å². The molecule has 336 valence electrons. The Morgan fingerprint density at radius 3 is 1.67 bits per heavy atom. The molecule has 0 aliphatic heterocycles. The van der Waals surface area contributed by atoms with Gasteiger partial charge in [-0.05, 0) is 49.9 Å².